The molecule has 2 aromatic rings. The van der Waals surface area contributed by atoms with Crippen LogP contribution in [0, 0.1) is 0 Å². The highest BCUT2D eigenvalue weighted by Gasteiger charge is 2.06. The molecule has 0 spiro atoms. The number of nitrogens with zero attached hydrogens (tertiary/aromatic N) is 2. The molecule has 0 aliphatic carbocycles. The topological polar surface area (TPSA) is 51.8 Å². The van der Waals surface area contributed by atoms with E-state index in [2.05, 4.69) is 48.3 Å². The Morgan fingerprint density at radius 3 is 2.38 bits per heavy atom. The Kier molecular flexibility index (Phi) is 3.31. The van der Waals surface area contributed by atoms with E-state index in [-0.39, 0.29) is 0 Å². The van der Waals surface area contributed by atoms with E-state index in [0.29, 0.717) is 12.5 Å². The maximum absolute atomic E-state index is 5.51. The first-order valence-electron chi connectivity index (χ1n) is 5.33. The standard InChI is InChI=1S/C12H15N3S/c1-8(2)9-3-5-10(6-4-9)12-15-14-11(7-13)16-12/h3-6,8H,7,13H2,1-2H3. The Balaban J connectivity index is 2.27. The van der Waals surface area contributed by atoms with E-state index in [1.54, 1.807) is 11.3 Å². The number of benzene rings is 1. The van der Waals surface area contributed by atoms with Crippen LogP contribution in [0.25, 0.3) is 10.6 Å². The van der Waals surface area contributed by atoms with Crippen molar-refractivity contribution >= 4 is 11.3 Å². The second kappa shape index (κ2) is 4.72. The largest absolute Gasteiger partial charge is 0.324 e. The number of hydrogen-bond acceptors (Lipinski definition) is 4. The summed E-state index contributed by atoms with van der Waals surface area (Å²) in [4.78, 5) is 0. The van der Waals surface area contributed by atoms with Gasteiger partial charge in [-0.2, -0.15) is 0 Å². The van der Waals surface area contributed by atoms with E-state index < -0.39 is 0 Å². The predicted molar refractivity (Wildman–Crippen MR) is 67.3 cm³/mol. The van der Waals surface area contributed by atoms with Gasteiger partial charge in [-0.25, -0.2) is 0 Å². The Morgan fingerprint density at radius 1 is 1.19 bits per heavy atom. The van der Waals surface area contributed by atoms with Crippen molar-refractivity contribution < 1.29 is 0 Å². The summed E-state index contributed by atoms with van der Waals surface area (Å²) in [6.07, 6.45) is 0. The average molecular weight is 233 g/mol. The van der Waals surface area contributed by atoms with Crippen molar-refractivity contribution in [3.8, 4) is 10.6 Å². The third kappa shape index (κ3) is 2.28. The maximum Gasteiger partial charge on any atom is 0.147 e. The van der Waals surface area contributed by atoms with Gasteiger partial charge < -0.3 is 5.73 Å². The summed E-state index contributed by atoms with van der Waals surface area (Å²) < 4.78 is 0. The van der Waals surface area contributed by atoms with Gasteiger partial charge in [0.2, 0.25) is 0 Å². The van der Waals surface area contributed by atoms with Crippen LogP contribution in [0.5, 0.6) is 0 Å². The summed E-state index contributed by atoms with van der Waals surface area (Å²) in [5.74, 6) is 0.558. The molecular formula is C12H15N3S. The highest BCUT2D eigenvalue weighted by Crippen LogP contribution is 2.25. The number of hydrogen-bond donors (Lipinski definition) is 1. The predicted octanol–water partition coefficient (Wildman–Crippen LogP) is 2.79. The lowest BCUT2D eigenvalue weighted by Crippen LogP contribution is -1.94. The third-order valence-corrected chi connectivity index (χ3v) is 3.46. The highest BCUT2D eigenvalue weighted by atomic mass is 32.1. The summed E-state index contributed by atoms with van der Waals surface area (Å²) in [5, 5.41) is 9.95. The smallest absolute Gasteiger partial charge is 0.147 e. The van der Waals surface area contributed by atoms with E-state index in [1.807, 2.05) is 0 Å². The van der Waals surface area contributed by atoms with Crippen LogP contribution in [0.15, 0.2) is 24.3 Å². The molecule has 0 bridgehead atoms. The maximum atomic E-state index is 5.51. The molecule has 0 saturated heterocycles. The van der Waals surface area contributed by atoms with Crippen LogP contribution < -0.4 is 5.73 Å². The Morgan fingerprint density at radius 2 is 1.88 bits per heavy atom. The Labute approximate surface area is 99.3 Å². The second-order valence-corrected chi connectivity index (χ2v) is 5.04. The van der Waals surface area contributed by atoms with E-state index in [1.165, 1.54) is 5.56 Å². The van der Waals surface area contributed by atoms with Gasteiger partial charge in [0.1, 0.15) is 10.0 Å². The van der Waals surface area contributed by atoms with Crippen molar-refractivity contribution in [2.75, 3.05) is 0 Å². The molecule has 0 aliphatic heterocycles. The van der Waals surface area contributed by atoms with Gasteiger partial charge in [0.25, 0.3) is 0 Å². The normalized spacial score (nSPS) is 11.0. The summed E-state index contributed by atoms with van der Waals surface area (Å²) in [6, 6.07) is 8.47. The molecule has 4 heteroatoms. The lowest BCUT2D eigenvalue weighted by molar-refractivity contribution is 0.867. The fraction of sp³-hybridized carbons (Fsp3) is 0.333. The Hall–Kier alpha value is -1.26. The van der Waals surface area contributed by atoms with Gasteiger partial charge in [0.15, 0.2) is 0 Å². The van der Waals surface area contributed by atoms with Crippen LogP contribution in [0.4, 0.5) is 0 Å². The van der Waals surface area contributed by atoms with E-state index in [9.17, 15) is 0 Å². The molecule has 84 valence electrons. The quantitative estimate of drug-likeness (QED) is 0.887. The first kappa shape index (κ1) is 11.2. The minimum atomic E-state index is 0.460. The van der Waals surface area contributed by atoms with Crippen molar-refractivity contribution in [3.05, 3.63) is 34.8 Å². The molecule has 1 aromatic heterocycles. The van der Waals surface area contributed by atoms with Crippen molar-refractivity contribution in [2.45, 2.75) is 26.3 Å². The van der Waals surface area contributed by atoms with Crippen LogP contribution in [0.2, 0.25) is 0 Å². The lowest BCUT2D eigenvalue weighted by atomic mass is 10.0. The fourth-order valence-corrected chi connectivity index (χ4v) is 2.19. The molecule has 0 amide bonds. The van der Waals surface area contributed by atoms with Gasteiger partial charge in [-0.05, 0) is 11.5 Å². The summed E-state index contributed by atoms with van der Waals surface area (Å²) in [6.45, 7) is 4.83. The molecule has 0 unspecified atom stereocenters. The van der Waals surface area contributed by atoms with E-state index in [4.69, 9.17) is 5.73 Å². The molecule has 16 heavy (non-hydrogen) atoms. The van der Waals surface area contributed by atoms with Crippen LogP contribution in [0.3, 0.4) is 0 Å². The molecule has 1 aromatic carbocycles. The molecule has 0 fully saturated rings. The Bertz CT molecular complexity index is 459. The van der Waals surface area contributed by atoms with Gasteiger partial charge in [0.05, 0.1) is 0 Å². The fourth-order valence-electron chi connectivity index (χ4n) is 1.46. The monoisotopic (exact) mass is 233 g/mol. The van der Waals surface area contributed by atoms with Gasteiger partial charge >= 0.3 is 0 Å². The highest BCUT2D eigenvalue weighted by molar-refractivity contribution is 7.14. The molecule has 0 radical (unpaired) electrons. The second-order valence-electron chi connectivity index (χ2n) is 3.98. The summed E-state index contributed by atoms with van der Waals surface area (Å²) in [7, 11) is 0. The van der Waals surface area contributed by atoms with Crippen LogP contribution >= 0.6 is 11.3 Å². The van der Waals surface area contributed by atoms with E-state index >= 15 is 0 Å². The third-order valence-electron chi connectivity index (χ3n) is 2.47. The van der Waals surface area contributed by atoms with Crippen LogP contribution in [-0.2, 0) is 6.54 Å². The molecule has 2 N–H and O–H groups in total. The summed E-state index contributed by atoms with van der Waals surface area (Å²) >= 11 is 1.55. The first-order valence-corrected chi connectivity index (χ1v) is 6.15. The molecule has 1 heterocycles. The zero-order chi connectivity index (χ0) is 11.5. The van der Waals surface area contributed by atoms with Crippen molar-refractivity contribution in [2.24, 2.45) is 5.73 Å². The zero-order valence-electron chi connectivity index (χ0n) is 9.47. The van der Waals surface area contributed by atoms with Gasteiger partial charge in [-0.1, -0.05) is 49.4 Å². The van der Waals surface area contributed by atoms with Gasteiger partial charge in [-0.3, -0.25) is 0 Å². The van der Waals surface area contributed by atoms with Crippen LogP contribution in [0.1, 0.15) is 30.3 Å². The molecular weight excluding hydrogens is 218 g/mol. The van der Waals surface area contributed by atoms with Gasteiger partial charge in [0, 0.05) is 12.1 Å². The van der Waals surface area contributed by atoms with Gasteiger partial charge in [-0.15, -0.1) is 10.2 Å². The lowest BCUT2D eigenvalue weighted by Gasteiger charge is -2.04. The minimum absolute atomic E-state index is 0.460. The van der Waals surface area contributed by atoms with E-state index in [0.717, 1.165) is 15.6 Å². The number of aromatic nitrogens is 2. The number of rotatable bonds is 3. The van der Waals surface area contributed by atoms with Crippen LogP contribution in [-0.4, -0.2) is 10.2 Å². The average Bonchev–Trinajstić information content (AvgIpc) is 2.77. The number of nitrogens with two attached hydrogens (primary N) is 1. The van der Waals surface area contributed by atoms with Crippen molar-refractivity contribution in [1.82, 2.24) is 10.2 Å². The molecule has 2 rings (SSSR count). The van der Waals surface area contributed by atoms with Crippen molar-refractivity contribution in [3.63, 3.8) is 0 Å². The molecule has 0 atom stereocenters. The molecule has 3 nitrogen and oxygen atoms in total. The van der Waals surface area contributed by atoms with Crippen molar-refractivity contribution in [1.29, 1.82) is 0 Å². The summed E-state index contributed by atoms with van der Waals surface area (Å²) in [5.41, 5.74) is 7.97. The minimum Gasteiger partial charge on any atom is -0.324 e. The zero-order valence-corrected chi connectivity index (χ0v) is 10.3. The SMILES string of the molecule is CC(C)c1ccc(-c2nnc(CN)s2)cc1. The molecule has 0 aliphatic rings. The molecule has 0 saturated carbocycles. The first-order chi connectivity index (χ1) is 7.70.